The molecule has 0 amide bonds. The first kappa shape index (κ1) is 13.7. The van der Waals surface area contributed by atoms with Crippen molar-refractivity contribution in [1.82, 2.24) is 0 Å². The normalized spacial score (nSPS) is 26.2. The lowest BCUT2D eigenvalue weighted by atomic mass is 10.1. The number of aliphatic hydroxyl groups is 1. The van der Waals surface area contributed by atoms with Gasteiger partial charge in [-0.2, -0.15) is 11.8 Å². The lowest BCUT2D eigenvalue weighted by molar-refractivity contribution is 0.194. The predicted molar refractivity (Wildman–Crippen MR) is 75.8 cm³/mol. The Morgan fingerprint density at radius 2 is 1.94 bits per heavy atom. The van der Waals surface area contributed by atoms with E-state index in [1.54, 1.807) is 13.0 Å². The molecule has 0 saturated carbocycles. The zero-order valence-corrected chi connectivity index (χ0v) is 11.9. The van der Waals surface area contributed by atoms with E-state index in [-0.39, 0.29) is 5.82 Å². The summed E-state index contributed by atoms with van der Waals surface area (Å²) in [4.78, 5) is 2.19. The van der Waals surface area contributed by atoms with Crippen LogP contribution in [0.4, 0.5) is 10.1 Å². The number of halogens is 1. The van der Waals surface area contributed by atoms with Crippen molar-refractivity contribution >= 4 is 17.4 Å². The summed E-state index contributed by atoms with van der Waals surface area (Å²) in [6.45, 7) is 7.80. The molecule has 1 aliphatic heterocycles. The maximum Gasteiger partial charge on any atom is 0.131 e. The third kappa shape index (κ3) is 2.81. The van der Waals surface area contributed by atoms with E-state index in [2.05, 4.69) is 18.7 Å². The van der Waals surface area contributed by atoms with E-state index in [0.717, 1.165) is 18.8 Å². The van der Waals surface area contributed by atoms with Crippen LogP contribution in [0.1, 0.15) is 32.4 Å². The van der Waals surface area contributed by atoms with Gasteiger partial charge in [0, 0.05) is 34.8 Å². The summed E-state index contributed by atoms with van der Waals surface area (Å²) in [5.41, 5.74) is 1.26. The highest BCUT2D eigenvalue weighted by atomic mass is 32.2. The van der Waals surface area contributed by atoms with E-state index in [4.69, 9.17) is 0 Å². The predicted octanol–water partition coefficient (Wildman–Crippen LogP) is 3.21. The molecule has 1 heterocycles. The molecule has 3 unspecified atom stereocenters. The van der Waals surface area contributed by atoms with Gasteiger partial charge in [-0.25, -0.2) is 4.39 Å². The van der Waals surface area contributed by atoms with Crippen LogP contribution in [0.3, 0.4) is 0 Å². The second kappa shape index (κ2) is 5.49. The Morgan fingerprint density at radius 3 is 2.50 bits per heavy atom. The van der Waals surface area contributed by atoms with Crippen molar-refractivity contribution in [3.05, 3.63) is 29.6 Å². The molecule has 0 spiro atoms. The minimum absolute atomic E-state index is 0.318. The summed E-state index contributed by atoms with van der Waals surface area (Å²) in [7, 11) is 0. The highest BCUT2D eigenvalue weighted by Crippen LogP contribution is 2.34. The van der Waals surface area contributed by atoms with E-state index in [1.165, 1.54) is 6.07 Å². The monoisotopic (exact) mass is 269 g/mol. The van der Waals surface area contributed by atoms with Crippen molar-refractivity contribution in [3.63, 3.8) is 0 Å². The van der Waals surface area contributed by atoms with Gasteiger partial charge in [-0.3, -0.25) is 0 Å². The quantitative estimate of drug-likeness (QED) is 0.892. The van der Waals surface area contributed by atoms with Gasteiger partial charge in [0.15, 0.2) is 0 Å². The molecule has 1 aromatic carbocycles. The highest BCUT2D eigenvalue weighted by molar-refractivity contribution is 8.00. The summed E-state index contributed by atoms with van der Waals surface area (Å²) >= 11 is 1.96. The van der Waals surface area contributed by atoms with Crippen LogP contribution in [-0.2, 0) is 0 Å². The largest absolute Gasteiger partial charge is 0.389 e. The van der Waals surface area contributed by atoms with Crippen LogP contribution in [0.5, 0.6) is 0 Å². The van der Waals surface area contributed by atoms with E-state index < -0.39 is 6.10 Å². The molecule has 1 N–H and O–H groups in total. The molecular formula is C14H20FNOS. The smallest absolute Gasteiger partial charge is 0.131 e. The molecule has 1 fully saturated rings. The molecule has 3 atom stereocenters. The zero-order chi connectivity index (χ0) is 13.3. The SMILES string of the molecule is CC1CN(c2cccc(F)c2C(C)O)CC(C)S1. The average Bonchev–Trinajstić information content (AvgIpc) is 2.26. The standard InChI is InChI=1S/C14H20FNOS/c1-9-7-16(8-10(2)18-9)13-6-4-5-12(15)14(13)11(3)17/h4-6,9-11,17H,7-8H2,1-3H3. The third-order valence-electron chi connectivity index (χ3n) is 3.21. The number of aliphatic hydroxyl groups excluding tert-OH is 1. The van der Waals surface area contributed by atoms with Crippen LogP contribution in [0.2, 0.25) is 0 Å². The molecule has 0 radical (unpaired) electrons. The maximum atomic E-state index is 13.9. The summed E-state index contributed by atoms with van der Waals surface area (Å²) < 4.78 is 13.9. The van der Waals surface area contributed by atoms with Crippen molar-refractivity contribution in [2.75, 3.05) is 18.0 Å². The van der Waals surface area contributed by atoms with Gasteiger partial charge in [0.2, 0.25) is 0 Å². The first-order chi connectivity index (χ1) is 8.49. The van der Waals surface area contributed by atoms with E-state index in [0.29, 0.717) is 16.1 Å². The van der Waals surface area contributed by atoms with Crippen molar-refractivity contribution < 1.29 is 9.50 Å². The lowest BCUT2D eigenvalue weighted by Gasteiger charge is -2.37. The Labute approximate surface area is 112 Å². The topological polar surface area (TPSA) is 23.5 Å². The van der Waals surface area contributed by atoms with Crippen molar-refractivity contribution in [1.29, 1.82) is 0 Å². The molecule has 0 aromatic heterocycles. The highest BCUT2D eigenvalue weighted by Gasteiger charge is 2.25. The van der Waals surface area contributed by atoms with Gasteiger partial charge in [-0.05, 0) is 19.1 Å². The second-order valence-corrected chi connectivity index (χ2v) is 6.89. The second-order valence-electron chi connectivity index (χ2n) is 5.01. The Bertz CT molecular complexity index is 414. The Kier molecular flexibility index (Phi) is 4.17. The minimum atomic E-state index is -0.776. The van der Waals surface area contributed by atoms with Gasteiger partial charge >= 0.3 is 0 Å². The fraction of sp³-hybridized carbons (Fsp3) is 0.571. The van der Waals surface area contributed by atoms with Crippen LogP contribution in [0.25, 0.3) is 0 Å². The fourth-order valence-electron chi connectivity index (χ4n) is 2.59. The molecule has 4 heteroatoms. The Morgan fingerprint density at radius 1 is 1.33 bits per heavy atom. The van der Waals surface area contributed by atoms with Crippen LogP contribution < -0.4 is 4.90 Å². The zero-order valence-electron chi connectivity index (χ0n) is 11.1. The molecule has 1 aromatic rings. The molecule has 0 aliphatic carbocycles. The number of nitrogens with zero attached hydrogens (tertiary/aromatic N) is 1. The van der Waals surface area contributed by atoms with E-state index in [1.807, 2.05) is 17.8 Å². The average molecular weight is 269 g/mol. The fourth-order valence-corrected chi connectivity index (χ4v) is 3.91. The molecule has 1 aliphatic rings. The molecule has 18 heavy (non-hydrogen) atoms. The van der Waals surface area contributed by atoms with Crippen molar-refractivity contribution in [2.45, 2.75) is 37.4 Å². The van der Waals surface area contributed by atoms with Crippen LogP contribution in [0.15, 0.2) is 18.2 Å². The summed E-state index contributed by atoms with van der Waals surface area (Å²) in [5, 5.41) is 10.8. The molecule has 100 valence electrons. The minimum Gasteiger partial charge on any atom is -0.389 e. The van der Waals surface area contributed by atoms with Crippen molar-refractivity contribution in [3.8, 4) is 0 Å². The maximum absolute atomic E-state index is 13.9. The number of anilines is 1. The summed E-state index contributed by atoms with van der Waals surface area (Å²) in [5.74, 6) is -0.318. The Hall–Kier alpha value is -0.740. The van der Waals surface area contributed by atoms with Gasteiger partial charge in [-0.15, -0.1) is 0 Å². The van der Waals surface area contributed by atoms with E-state index >= 15 is 0 Å². The first-order valence-electron chi connectivity index (χ1n) is 6.36. The van der Waals surface area contributed by atoms with Gasteiger partial charge in [-0.1, -0.05) is 19.9 Å². The van der Waals surface area contributed by atoms with Gasteiger partial charge in [0.25, 0.3) is 0 Å². The molecule has 0 bridgehead atoms. The number of hydrogen-bond donors (Lipinski definition) is 1. The lowest BCUT2D eigenvalue weighted by Crippen LogP contribution is -2.41. The molecule has 1 saturated heterocycles. The number of hydrogen-bond acceptors (Lipinski definition) is 3. The summed E-state index contributed by atoms with van der Waals surface area (Å²) in [6, 6.07) is 5.03. The Balaban J connectivity index is 2.35. The van der Waals surface area contributed by atoms with Crippen LogP contribution >= 0.6 is 11.8 Å². The first-order valence-corrected chi connectivity index (χ1v) is 7.30. The number of thioether (sulfide) groups is 1. The number of rotatable bonds is 2. The molecule has 2 rings (SSSR count). The van der Waals surface area contributed by atoms with Gasteiger partial charge in [0.1, 0.15) is 5.82 Å². The van der Waals surface area contributed by atoms with Crippen LogP contribution in [-0.4, -0.2) is 28.7 Å². The van der Waals surface area contributed by atoms with Crippen molar-refractivity contribution in [2.24, 2.45) is 0 Å². The van der Waals surface area contributed by atoms with Gasteiger partial charge < -0.3 is 10.0 Å². The molecular weight excluding hydrogens is 249 g/mol. The molecule has 2 nitrogen and oxygen atoms in total. The van der Waals surface area contributed by atoms with Crippen LogP contribution in [0, 0.1) is 5.82 Å². The number of benzene rings is 1. The van der Waals surface area contributed by atoms with E-state index in [9.17, 15) is 9.50 Å². The third-order valence-corrected chi connectivity index (χ3v) is 4.44. The van der Waals surface area contributed by atoms with Gasteiger partial charge in [0.05, 0.1) is 6.10 Å². The summed E-state index contributed by atoms with van der Waals surface area (Å²) in [6.07, 6.45) is -0.776.